The topological polar surface area (TPSA) is 70.0 Å². The molecule has 1 heterocycles. The fourth-order valence-corrected chi connectivity index (χ4v) is 3.91. The van der Waals surface area contributed by atoms with Crippen molar-refractivity contribution in [3.05, 3.63) is 29.6 Å². The second-order valence-corrected chi connectivity index (χ2v) is 6.68. The predicted molar refractivity (Wildman–Crippen MR) is 66.4 cm³/mol. The van der Waals surface area contributed by atoms with Gasteiger partial charge in [0.05, 0.1) is 22.8 Å². The van der Waals surface area contributed by atoms with Gasteiger partial charge in [-0.1, -0.05) is 0 Å². The molecule has 0 amide bonds. The minimum absolute atomic E-state index is 0.0617. The van der Waals surface area contributed by atoms with Crippen LogP contribution in [0.15, 0.2) is 18.2 Å². The molecule has 0 spiro atoms. The van der Waals surface area contributed by atoms with Crippen LogP contribution in [0.3, 0.4) is 0 Å². The Balaban J connectivity index is 2.01. The Morgan fingerprint density at radius 1 is 1.50 bits per heavy atom. The van der Waals surface area contributed by atoms with E-state index in [0.29, 0.717) is 18.7 Å². The third-order valence-electron chi connectivity index (χ3n) is 3.01. The minimum atomic E-state index is -2.89. The Hall–Kier alpha value is -1.61. The number of hydrogen-bond acceptors (Lipinski definition) is 4. The molecule has 0 aromatic heterocycles. The lowest BCUT2D eigenvalue weighted by atomic mass is 10.1. The molecule has 1 atom stereocenters. The van der Waals surface area contributed by atoms with E-state index in [1.807, 2.05) is 6.07 Å². The third-order valence-corrected chi connectivity index (χ3v) is 4.85. The van der Waals surface area contributed by atoms with Crippen molar-refractivity contribution >= 4 is 15.5 Å². The van der Waals surface area contributed by atoms with Crippen LogP contribution < -0.4 is 5.32 Å². The SMILES string of the molecule is N#Cc1cc(F)ccc1NCC1CCS(=O)(=O)C1. The van der Waals surface area contributed by atoms with Crippen LogP contribution in [0, 0.1) is 23.1 Å². The van der Waals surface area contributed by atoms with E-state index in [4.69, 9.17) is 5.26 Å². The summed E-state index contributed by atoms with van der Waals surface area (Å²) in [5, 5.41) is 11.9. The second kappa shape index (κ2) is 4.94. The van der Waals surface area contributed by atoms with Crippen molar-refractivity contribution in [3.63, 3.8) is 0 Å². The highest BCUT2D eigenvalue weighted by Gasteiger charge is 2.27. The summed E-state index contributed by atoms with van der Waals surface area (Å²) in [7, 11) is -2.89. The molecule has 96 valence electrons. The Morgan fingerprint density at radius 3 is 2.89 bits per heavy atom. The van der Waals surface area contributed by atoms with Gasteiger partial charge < -0.3 is 5.32 Å². The van der Waals surface area contributed by atoms with Crippen LogP contribution in [0.1, 0.15) is 12.0 Å². The summed E-state index contributed by atoms with van der Waals surface area (Å²) >= 11 is 0. The molecular weight excluding hydrogens is 255 g/mol. The number of sulfone groups is 1. The van der Waals surface area contributed by atoms with Gasteiger partial charge in [-0.15, -0.1) is 0 Å². The van der Waals surface area contributed by atoms with Crippen LogP contribution in [0.2, 0.25) is 0 Å². The van der Waals surface area contributed by atoms with Crippen LogP contribution in [-0.2, 0) is 9.84 Å². The first-order valence-electron chi connectivity index (χ1n) is 5.64. The van der Waals surface area contributed by atoms with Gasteiger partial charge >= 0.3 is 0 Å². The maximum Gasteiger partial charge on any atom is 0.150 e. The molecule has 1 aromatic rings. The van der Waals surface area contributed by atoms with Gasteiger partial charge in [0.2, 0.25) is 0 Å². The zero-order valence-corrected chi connectivity index (χ0v) is 10.5. The highest BCUT2D eigenvalue weighted by molar-refractivity contribution is 7.91. The van der Waals surface area contributed by atoms with Crippen LogP contribution >= 0.6 is 0 Å². The summed E-state index contributed by atoms with van der Waals surface area (Å²) in [5.41, 5.74) is 0.777. The highest BCUT2D eigenvalue weighted by atomic mass is 32.2. The summed E-state index contributed by atoms with van der Waals surface area (Å²) in [6.45, 7) is 0.486. The minimum Gasteiger partial charge on any atom is -0.384 e. The van der Waals surface area contributed by atoms with Crippen molar-refractivity contribution in [2.45, 2.75) is 6.42 Å². The summed E-state index contributed by atoms with van der Waals surface area (Å²) in [6.07, 6.45) is 0.637. The monoisotopic (exact) mass is 268 g/mol. The summed E-state index contributed by atoms with van der Waals surface area (Å²) in [5.74, 6) is 0.0175. The maximum atomic E-state index is 12.9. The first-order chi connectivity index (χ1) is 8.50. The lowest BCUT2D eigenvalue weighted by Gasteiger charge is -2.11. The molecule has 4 nitrogen and oxygen atoms in total. The van der Waals surface area contributed by atoms with E-state index in [0.717, 1.165) is 6.07 Å². The molecule has 1 N–H and O–H groups in total. The van der Waals surface area contributed by atoms with Crippen LogP contribution in [0.5, 0.6) is 0 Å². The van der Waals surface area contributed by atoms with Crippen molar-refractivity contribution in [1.29, 1.82) is 5.26 Å². The van der Waals surface area contributed by atoms with Crippen LogP contribution in [0.25, 0.3) is 0 Å². The zero-order valence-electron chi connectivity index (χ0n) is 9.69. The number of nitriles is 1. The standard InChI is InChI=1S/C12H13FN2O2S/c13-11-1-2-12(10(5-11)6-14)15-7-9-3-4-18(16,17)8-9/h1-2,5,9,15H,3-4,7-8H2. The molecule has 0 bridgehead atoms. The van der Waals surface area contributed by atoms with Crippen LogP contribution in [0.4, 0.5) is 10.1 Å². The molecule has 2 rings (SSSR count). The van der Waals surface area contributed by atoms with Gasteiger partial charge in [0, 0.05) is 6.54 Å². The number of halogens is 1. The summed E-state index contributed by atoms with van der Waals surface area (Å²) in [4.78, 5) is 0. The molecule has 1 aliphatic rings. The zero-order chi connectivity index (χ0) is 13.2. The predicted octanol–water partition coefficient (Wildman–Crippen LogP) is 1.54. The average Bonchev–Trinajstić information content (AvgIpc) is 2.67. The van der Waals surface area contributed by atoms with Gasteiger partial charge in [-0.05, 0) is 30.5 Å². The number of nitrogens with one attached hydrogen (secondary N) is 1. The van der Waals surface area contributed by atoms with Crippen LogP contribution in [-0.4, -0.2) is 26.5 Å². The number of hydrogen-bond donors (Lipinski definition) is 1. The van der Waals surface area contributed by atoms with E-state index >= 15 is 0 Å². The average molecular weight is 268 g/mol. The van der Waals surface area contributed by atoms with E-state index in [-0.39, 0.29) is 23.0 Å². The maximum absolute atomic E-state index is 12.9. The first kappa shape index (κ1) is 12.8. The third kappa shape index (κ3) is 2.99. The molecule has 0 aliphatic carbocycles. The van der Waals surface area contributed by atoms with Crippen molar-refractivity contribution < 1.29 is 12.8 Å². The highest BCUT2D eigenvalue weighted by Crippen LogP contribution is 2.21. The van der Waals surface area contributed by atoms with E-state index in [1.54, 1.807) is 0 Å². The Kier molecular flexibility index (Phi) is 3.53. The molecule has 1 aromatic carbocycles. The molecule has 1 fully saturated rings. The van der Waals surface area contributed by atoms with Gasteiger partial charge in [0.1, 0.15) is 11.9 Å². The smallest absolute Gasteiger partial charge is 0.150 e. The molecule has 6 heteroatoms. The lowest BCUT2D eigenvalue weighted by molar-refractivity contribution is 0.596. The molecular formula is C12H13FN2O2S. The number of rotatable bonds is 3. The number of benzene rings is 1. The Morgan fingerprint density at radius 2 is 2.28 bits per heavy atom. The second-order valence-electron chi connectivity index (χ2n) is 4.45. The fourth-order valence-electron chi connectivity index (χ4n) is 2.05. The molecule has 0 saturated carbocycles. The van der Waals surface area contributed by atoms with Gasteiger partial charge in [-0.3, -0.25) is 0 Å². The molecule has 1 unspecified atom stereocenters. The van der Waals surface area contributed by atoms with Crippen molar-refractivity contribution in [3.8, 4) is 6.07 Å². The molecule has 18 heavy (non-hydrogen) atoms. The number of anilines is 1. The molecule has 1 aliphatic heterocycles. The number of nitrogens with zero attached hydrogens (tertiary/aromatic N) is 1. The van der Waals surface area contributed by atoms with Crippen molar-refractivity contribution in [2.75, 3.05) is 23.4 Å². The van der Waals surface area contributed by atoms with Gasteiger partial charge in [-0.25, -0.2) is 12.8 Å². The van der Waals surface area contributed by atoms with E-state index in [1.165, 1.54) is 12.1 Å². The Labute approximate surface area is 105 Å². The van der Waals surface area contributed by atoms with E-state index in [9.17, 15) is 12.8 Å². The lowest BCUT2D eigenvalue weighted by Crippen LogP contribution is -2.16. The van der Waals surface area contributed by atoms with Gasteiger partial charge in [0.25, 0.3) is 0 Å². The van der Waals surface area contributed by atoms with Gasteiger partial charge in [0.15, 0.2) is 9.84 Å². The largest absolute Gasteiger partial charge is 0.384 e. The normalized spacial score (nSPS) is 21.4. The summed E-state index contributed by atoms with van der Waals surface area (Å²) < 4.78 is 35.5. The van der Waals surface area contributed by atoms with Crippen molar-refractivity contribution in [2.24, 2.45) is 5.92 Å². The quantitative estimate of drug-likeness (QED) is 0.902. The van der Waals surface area contributed by atoms with Crippen molar-refractivity contribution in [1.82, 2.24) is 0 Å². The fraction of sp³-hybridized carbons (Fsp3) is 0.417. The molecule has 0 radical (unpaired) electrons. The first-order valence-corrected chi connectivity index (χ1v) is 7.46. The summed E-state index contributed by atoms with van der Waals surface area (Å²) in [6, 6.07) is 5.84. The Bertz CT molecular complexity index is 593. The van der Waals surface area contributed by atoms with Gasteiger partial charge in [-0.2, -0.15) is 5.26 Å². The van der Waals surface area contributed by atoms with E-state index in [2.05, 4.69) is 5.32 Å². The van der Waals surface area contributed by atoms with E-state index < -0.39 is 15.7 Å². The molecule has 1 saturated heterocycles.